The molecule has 0 aromatic heterocycles. The molecule has 0 spiro atoms. The molecule has 0 saturated heterocycles. The van der Waals surface area contributed by atoms with Gasteiger partial charge in [0.2, 0.25) is 10.0 Å². The maximum absolute atomic E-state index is 11.5. The Kier molecular flexibility index (Phi) is 6.16. The molecule has 1 aromatic rings. The Balaban J connectivity index is 3.38. The second kappa shape index (κ2) is 7.26. The quantitative estimate of drug-likeness (QED) is 0.603. The van der Waals surface area contributed by atoms with Gasteiger partial charge in [-0.1, -0.05) is 18.5 Å². The first-order valence-electron chi connectivity index (χ1n) is 6.73. The number of hydrogen-bond donors (Lipinski definition) is 1. The SMILES string of the molecule is CCN(Cc1cc([N+](=O)[O-])cc(Cl)c1NS(C)(=O)=O)C(C)C. The lowest BCUT2D eigenvalue weighted by Crippen LogP contribution is -2.30. The molecule has 124 valence electrons. The number of non-ortho nitro benzene ring substituents is 1. The average molecular weight is 350 g/mol. The van der Waals surface area contributed by atoms with Crippen molar-refractivity contribution in [1.82, 2.24) is 4.90 Å². The topological polar surface area (TPSA) is 92.5 Å². The van der Waals surface area contributed by atoms with Crippen molar-refractivity contribution in [2.24, 2.45) is 0 Å². The predicted octanol–water partition coefficient (Wildman–Crippen LogP) is 2.85. The van der Waals surface area contributed by atoms with Gasteiger partial charge in [-0.2, -0.15) is 0 Å². The molecule has 22 heavy (non-hydrogen) atoms. The zero-order valence-electron chi connectivity index (χ0n) is 13.0. The molecular weight excluding hydrogens is 330 g/mol. The van der Waals surface area contributed by atoms with Gasteiger partial charge in [-0.3, -0.25) is 19.7 Å². The lowest BCUT2D eigenvalue weighted by atomic mass is 10.1. The van der Waals surface area contributed by atoms with Crippen molar-refractivity contribution in [3.8, 4) is 0 Å². The van der Waals surface area contributed by atoms with Crippen LogP contribution >= 0.6 is 11.6 Å². The third-order valence-electron chi connectivity index (χ3n) is 3.16. The number of nitro groups is 1. The van der Waals surface area contributed by atoms with E-state index in [1.807, 2.05) is 25.7 Å². The van der Waals surface area contributed by atoms with Gasteiger partial charge < -0.3 is 0 Å². The second-order valence-corrected chi connectivity index (χ2v) is 7.41. The zero-order valence-corrected chi connectivity index (χ0v) is 14.5. The molecule has 0 fully saturated rings. The van der Waals surface area contributed by atoms with E-state index in [1.54, 1.807) is 0 Å². The molecule has 1 aromatic carbocycles. The van der Waals surface area contributed by atoms with Gasteiger partial charge in [0, 0.05) is 24.7 Å². The highest BCUT2D eigenvalue weighted by molar-refractivity contribution is 7.92. The molecular formula is C13H20ClN3O4S. The Bertz CT molecular complexity index is 661. The molecule has 7 nitrogen and oxygen atoms in total. The summed E-state index contributed by atoms with van der Waals surface area (Å²) in [6, 6.07) is 2.70. The van der Waals surface area contributed by atoms with Crippen molar-refractivity contribution in [2.45, 2.75) is 33.4 Å². The van der Waals surface area contributed by atoms with Crippen LogP contribution in [0, 0.1) is 10.1 Å². The molecule has 0 saturated carbocycles. The summed E-state index contributed by atoms with van der Waals surface area (Å²) in [7, 11) is -3.54. The molecule has 0 atom stereocenters. The van der Waals surface area contributed by atoms with Gasteiger partial charge in [0.05, 0.1) is 21.9 Å². The summed E-state index contributed by atoms with van der Waals surface area (Å²) in [5, 5.41) is 11.0. The highest BCUT2D eigenvalue weighted by Gasteiger charge is 2.20. The first kappa shape index (κ1) is 18.7. The van der Waals surface area contributed by atoms with Gasteiger partial charge in [-0.25, -0.2) is 8.42 Å². The fourth-order valence-electron chi connectivity index (χ4n) is 2.06. The van der Waals surface area contributed by atoms with E-state index in [0.717, 1.165) is 18.9 Å². The van der Waals surface area contributed by atoms with Crippen LogP contribution in [0.15, 0.2) is 12.1 Å². The Morgan fingerprint density at radius 1 is 1.41 bits per heavy atom. The van der Waals surface area contributed by atoms with Crippen LogP contribution in [-0.2, 0) is 16.6 Å². The van der Waals surface area contributed by atoms with Crippen LogP contribution in [0.4, 0.5) is 11.4 Å². The van der Waals surface area contributed by atoms with E-state index in [0.29, 0.717) is 12.1 Å². The van der Waals surface area contributed by atoms with Crippen molar-refractivity contribution in [3.05, 3.63) is 32.8 Å². The minimum Gasteiger partial charge on any atom is -0.297 e. The summed E-state index contributed by atoms with van der Waals surface area (Å²) in [6.07, 6.45) is 1.01. The largest absolute Gasteiger partial charge is 0.297 e. The third-order valence-corrected chi connectivity index (χ3v) is 4.04. The van der Waals surface area contributed by atoms with Gasteiger partial charge in [-0.15, -0.1) is 0 Å². The van der Waals surface area contributed by atoms with Crippen LogP contribution in [0.3, 0.4) is 0 Å². The van der Waals surface area contributed by atoms with Crippen LogP contribution in [0.2, 0.25) is 5.02 Å². The molecule has 9 heteroatoms. The summed E-state index contributed by atoms with van der Waals surface area (Å²) in [4.78, 5) is 12.5. The van der Waals surface area contributed by atoms with E-state index in [-0.39, 0.29) is 22.4 Å². The fraction of sp³-hybridized carbons (Fsp3) is 0.538. The Morgan fingerprint density at radius 3 is 2.41 bits per heavy atom. The van der Waals surface area contributed by atoms with Crippen LogP contribution in [0.1, 0.15) is 26.3 Å². The molecule has 0 radical (unpaired) electrons. The Hall–Kier alpha value is -1.38. The lowest BCUT2D eigenvalue weighted by Gasteiger charge is -2.26. The van der Waals surface area contributed by atoms with Gasteiger partial charge in [0.15, 0.2) is 0 Å². The lowest BCUT2D eigenvalue weighted by molar-refractivity contribution is -0.384. The molecule has 0 bridgehead atoms. The maximum atomic E-state index is 11.5. The van der Waals surface area contributed by atoms with Crippen molar-refractivity contribution < 1.29 is 13.3 Å². The van der Waals surface area contributed by atoms with Crippen LogP contribution < -0.4 is 4.72 Å². The fourth-order valence-corrected chi connectivity index (χ4v) is 3.00. The first-order valence-corrected chi connectivity index (χ1v) is 9.00. The van der Waals surface area contributed by atoms with Crippen LogP contribution in [0.5, 0.6) is 0 Å². The normalized spacial score (nSPS) is 12.0. The summed E-state index contributed by atoms with van der Waals surface area (Å²) in [6.45, 7) is 7.02. The summed E-state index contributed by atoms with van der Waals surface area (Å²) >= 11 is 6.04. The molecule has 0 aliphatic carbocycles. The van der Waals surface area contributed by atoms with E-state index in [4.69, 9.17) is 11.6 Å². The first-order chi connectivity index (χ1) is 10.0. The third kappa shape index (κ3) is 5.11. The number of nitro benzene ring substituents is 1. The highest BCUT2D eigenvalue weighted by atomic mass is 35.5. The van der Waals surface area contributed by atoms with Crippen molar-refractivity contribution >= 4 is 33.0 Å². The maximum Gasteiger partial charge on any atom is 0.271 e. The van der Waals surface area contributed by atoms with E-state index < -0.39 is 14.9 Å². The molecule has 1 N–H and O–H groups in total. The molecule has 0 aliphatic heterocycles. The number of sulfonamides is 1. The number of halogens is 1. The number of nitrogens with zero attached hydrogens (tertiary/aromatic N) is 2. The number of hydrogen-bond acceptors (Lipinski definition) is 5. The van der Waals surface area contributed by atoms with Crippen molar-refractivity contribution in [3.63, 3.8) is 0 Å². The van der Waals surface area contributed by atoms with E-state index >= 15 is 0 Å². The highest BCUT2D eigenvalue weighted by Crippen LogP contribution is 2.33. The molecule has 0 amide bonds. The molecule has 1 rings (SSSR count). The smallest absolute Gasteiger partial charge is 0.271 e. The van der Waals surface area contributed by atoms with E-state index in [9.17, 15) is 18.5 Å². The number of anilines is 1. The van der Waals surface area contributed by atoms with Crippen molar-refractivity contribution in [2.75, 3.05) is 17.5 Å². The van der Waals surface area contributed by atoms with Gasteiger partial charge in [0.1, 0.15) is 0 Å². The van der Waals surface area contributed by atoms with Gasteiger partial charge in [-0.05, 0) is 26.0 Å². The predicted molar refractivity (Wildman–Crippen MR) is 87.8 cm³/mol. The minimum absolute atomic E-state index is 0.00874. The van der Waals surface area contributed by atoms with Gasteiger partial charge >= 0.3 is 0 Å². The Morgan fingerprint density at radius 2 is 2.00 bits per heavy atom. The van der Waals surface area contributed by atoms with Crippen molar-refractivity contribution in [1.29, 1.82) is 0 Å². The van der Waals surface area contributed by atoms with Crippen LogP contribution in [-0.4, -0.2) is 37.1 Å². The zero-order chi connectivity index (χ0) is 17.1. The van der Waals surface area contributed by atoms with Gasteiger partial charge in [0.25, 0.3) is 5.69 Å². The Labute approximate surface area is 135 Å². The summed E-state index contributed by atoms with van der Waals surface area (Å²) < 4.78 is 25.3. The standard InChI is InChI=1S/C13H20ClN3O4S/c1-5-16(9(2)3)8-10-6-11(17(18)19)7-12(14)13(10)15-22(4,20)21/h6-7,9,15H,5,8H2,1-4H3. The number of nitrogens with one attached hydrogen (secondary N) is 1. The van der Waals surface area contributed by atoms with E-state index in [1.165, 1.54) is 6.07 Å². The number of benzene rings is 1. The average Bonchev–Trinajstić information content (AvgIpc) is 2.37. The molecule has 0 aliphatic rings. The molecule has 0 unspecified atom stereocenters. The summed E-state index contributed by atoms with van der Waals surface area (Å²) in [5.74, 6) is 0. The minimum atomic E-state index is -3.54. The monoisotopic (exact) mass is 349 g/mol. The molecule has 0 heterocycles. The van der Waals surface area contributed by atoms with Crippen LogP contribution in [0.25, 0.3) is 0 Å². The second-order valence-electron chi connectivity index (χ2n) is 5.25. The number of rotatable bonds is 7. The van der Waals surface area contributed by atoms with E-state index in [2.05, 4.69) is 4.72 Å². The summed E-state index contributed by atoms with van der Waals surface area (Å²) in [5.41, 5.74) is 0.493.